The van der Waals surface area contributed by atoms with E-state index in [1.165, 1.54) is 27.3 Å². The normalized spacial score (nSPS) is 11.7. The summed E-state index contributed by atoms with van der Waals surface area (Å²) < 4.78 is 9.42. The van der Waals surface area contributed by atoms with Crippen molar-refractivity contribution in [1.29, 1.82) is 0 Å². The second-order valence-electron chi connectivity index (χ2n) is 13.9. The molecule has 0 saturated carbocycles. The molecule has 0 saturated heterocycles. The first-order chi connectivity index (χ1) is 26.8. The minimum Gasteiger partial charge on any atom is -0.455 e. The average Bonchev–Trinajstić information content (AvgIpc) is 3.80. The summed E-state index contributed by atoms with van der Waals surface area (Å²) >= 11 is 0. The molecule has 0 atom stereocenters. The molecule has 0 aliphatic heterocycles. The van der Waals surface area contributed by atoms with Gasteiger partial charge in [-0.3, -0.25) is 0 Å². The van der Waals surface area contributed by atoms with E-state index in [0.29, 0.717) is 0 Å². The molecule has 0 N–H and O–H groups in total. The zero-order valence-electron chi connectivity index (χ0n) is 29.3. The summed E-state index contributed by atoms with van der Waals surface area (Å²) in [5, 5.41) is 6.85. The van der Waals surface area contributed by atoms with E-state index in [2.05, 4.69) is 199 Å². The number of furan rings is 1. The minimum atomic E-state index is 0.837. The number of nitrogens with zero attached hydrogens (tertiary/aromatic N) is 2. The van der Waals surface area contributed by atoms with Crippen molar-refractivity contribution in [3.05, 3.63) is 194 Å². The molecule has 0 amide bonds. The van der Waals surface area contributed by atoms with E-state index >= 15 is 0 Å². The van der Waals surface area contributed by atoms with Crippen molar-refractivity contribution < 1.29 is 4.42 Å². The Morgan fingerprint density at radius 3 is 1.91 bits per heavy atom. The lowest BCUT2D eigenvalue weighted by Gasteiger charge is -2.12. The number of benzene rings is 8. The number of hydrogen-bond acceptors (Lipinski definition) is 2. The van der Waals surface area contributed by atoms with Crippen molar-refractivity contribution in [3.8, 4) is 50.5 Å². The monoisotopic (exact) mass is 688 g/mol. The zero-order valence-corrected chi connectivity index (χ0v) is 29.3. The van der Waals surface area contributed by atoms with Gasteiger partial charge in [0.15, 0.2) is 0 Å². The van der Waals surface area contributed by atoms with Gasteiger partial charge in [0.2, 0.25) is 0 Å². The molecule has 3 heteroatoms. The SMILES string of the molecule is c1ccc(-c2cccc(-c3cc(-c4ccc5ccccc5c4)nc(-c4cccc5c4oc4c5ccc5c4c4ccccc4n5-c4ccccc4)c3)c2)cc1. The lowest BCUT2D eigenvalue weighted by molar-refractivity contribution is 0.674. The van der Waals surface area contributed by atoms with Crippen LogP contribution in [0.1, 0.15) is 0 Å². The first-order valence-corrected chi connectivity index (χ1v) is 18.4. The summed E-state index contributed by atoms with van der Waals surface area (Å²) in [5.74, 6) is 0. The van der Waals surface area contributed by atoms with Crippen LogP contribution in [0, 0.1) is 0 Å². The number of fused-ring (bicyclic) bond motifs is 8. The molecular formula is C51H32N2O. The van der Waals surface area contributed by atoms with Crippen LogP contribution in [0.5, 0.6) is 0 Å². The summed E-state index contributed by atoms with van der Waals surface area (Å²) in [4.78, 5) is 5.40. The minimum absolute atomic E-state index is 0.837. The van der Waals surface area contributed by atoms with Crippen molar-refractivity contribution in [2.24, 2.45) is 0 Å². The molecular weight excluding hydrogens is 657 g/mol. The summed E-state index contributed by atoms with van der Waals surface area (Å²) in [6.45, 7) is 0. The maximum absolute atomic E-state index is 7.08. The highest BCUT2D eigenvalue weighted by atomic mass is 16.3. The predicted octanol–water partition coefficient (Wildman–Crippen LogP) is 13.9. The summed E-state index contributed by atoms with van der Waals surface area (Å²) in [6.07, 6.45) is 0. The van der Waals surface area contributed by atoms with Crippen molar-refractivity contribution in [3.63, 3.8) is 0 Å². The van der Waals surface area contributed by atoms with Crippen molar-refractivity contribution in [2.75, 3.05) is 0 Å². The number of para-hydroxylation sites is 3. The quantitative estimate of drug-likeness (QED) is 0.180. The van der Waals surface area contributed by atoms with Gasteiger partial charge in [-0.1, -0.05) is 133 Å². The maximum Gasteiger partial charge on any atom is 0.145 e. The zero-order chi connectivity index (χ0) is 35.6. The highest BCUT2D eigenvalue weighted by molar-refractivity contribution is 6.24. The Morgan fingerprint density at radius 2 is 1.04 bits per heavy atom. The fourth-order valence-electron chi connectivity index (χ4n) is 8.21. The third-order valence-electron chi connectivity index (χ3n) is 10.8. The van der Waals surface area contributed by atoms with E-state index in [1.54, 1.807) is 0 Å². The maximum atomic E-state index is 7.08. The molecule has 0 bridgehead atoms. The Morgan fingerprint density at radius 1 is 0.370 bits per heavy atom. The van der Waals surface area contributed by atoms with Gasteiger partial charge in [-0.15, -0.1) is 0 Å². The van der Waals surface area contributed by atoms with Gasteiger partial charge in [0.1, 0.15) is 11.2 Å². The fraction of sp³-hybridized carbons (Fsp3) is 0. The van der Waals surface area contributed by atoms with Gasteiger partial charge in [0.25, 0.3) is 0 Å². The largest absolute Gasteiger partial charge is 0.455 e. The molecule has 0 aliphatic rings. The molecule has 252 valence electrons. The second-order valence-corrected chi connectivity index (χ2v) is 13.9. The van der Waals surface area contributed by atoms with Crippen LogP contribution >= 0.6 is 0 Å². The van der Waals surface area contributed by atoms with Gasteiger partial charge >= 0.3 is 0 Å². The van der Waals surface area contributed by atoms with Gasteiger partial charge in [-0.05, 0) is 93.7 Å². The molecule has 8 aromatic carbocycles. The first-order valence-electron chi connectivity index (χ1n) is 18.4. The molecule has 11 aromatic rings. The molecule has 0 radical (unpaired) electrons. The molecule has 0 fully saturated rings. The van der Waals surface area contributed by atoms with Crippen LogP contribution in [-0.2, 0) is 0 Å². The van der Waals surface area contributed by atoms with E-state index in [0.717, 1.165) is 77.7 Å². The molecule has 0 aliphatic carbocycles. The van der Waals surface area contributed by atoms with Gasteiger partial charge in [-0.25, -0.2) is 4.98 Å². The molecule has 11 rings (SSSR count). The Bertz CT molecular complexity index is 3210. The van der Waals surface area contributed by atoms with Crippen molar-refractivity contribution in [2.45, 2.75) is 0 Å². The molecule has 0 spiro atoms. The summed E-state index contributed by atoms with van der Waals surface area (Å²) in [6, 6.07) is 69.0. The van der Waals surface area contributed by atoms with Crippen molar-refractivity contribution >= 4 is 54.5 Å². The van der Waals surface area contributed by atoms with E-state index in [4.69, 9.17) is 9.40 Å². The van der Waals surface area contributed by atoms with Crippen LogP contribution in [0.25, 0.3) is 105 Å². The van der Waals surface area contributed by atoms with E-state index in [1.807, 2.05) is 0 Å². The topological polar surface area (TPSA) is 31.0 Å². The predicted molar refractivity (Wildman–Crippen MR) is 225 cm³/mol. The standard InChI is InChI=1S/C51H32N2O/c1-3-13-33(14-4-1)36-17-11-18-37(29-36)39-31-45(38-26-25-34-15-7-8-16-35(34)30-38)52-46(32-39)43-23-12-22-41-42-27-28-48-49(51(42)54-50(41)43)44-21-9-10-24-47(44)53(48)40-19-5-2-6-20-40/h1-32H. The van der Waals surface area contributed by atoms with E-state index < -0.39 is 0 Å². The van der Waals surface area contributed by atoms with Crippen LogP contribution in [0.15, 0.2) is 199 Å². The molecule has 3 nitrogen and oxygen atoms in total. The number of pyridine rings is 1. The van der Waals surface area contributed by atoms with E-state index in [9.17, 15) is 0 Å². The van der Waals surface area contributed by atoms with Crippen LogP contribution in [0.2, 0.25) is 0 Å². The molecule has 3 heterocycles. The molecule has 54 heavy (non-hydrogen) atoms. The van der Waals surface area contributed by atoms with E-state index in [-0.39, 0.29) is 0 Å². The van der Waals surface area contributed by atoms with Crippen LogP contribution < -0.4 is 0 Å². The van der Waals surface area contributed by atoms with Gasteiger partial charge in [0.05, 0.1) is 27.8 Å². The smallest absolute Gasteiger partial charge is 0.145 e. The number of rotatable bonds is 5. The third kappa shape index (κ3) is 4.87. The van der Waals surface area contributed by atoms with Crippen molar-refractivity contribution in [1.82, 2.24) is 9.55 Å². The first kappa shape index (κ1) is 30.4. The number of aromatic nitrogens is 2. The van der Waals surface area contributed by atoms with Crippen LogP contribution in [0.4, 0.5) is 0 Å². The highest BCUT2D eigenvalue weighted by Gasteiger charge is 2.21. The van der Waals surface area contributed by atoms with Crippen LogP contribution in [0.3, 0.4) is 0 Å². The molecule has 3 aromatic heterocycles. The lowest BCUT2D eigenvalue weighted by Crippen LogP contribution is -1.92. The second kappa shape index (κ2) is 12.2. The van der Waals surface area contributed by atoms with Crippen LogP contribution in [-0.4, -0.2) is 9.55 Å². The lowest BCUT2D eigenvalue weighted by atomic mass is 9.96. The Hall–Kier alpha value is -7.23. The highest BCUT2D eigenvalue weighted by Crippen LogP contribution is 2.43. The Balaban J connectivity index is 1.16. The Labute approximate surface area is 312 Å². The van der Waals surface area contributed by atoms with Gasteiger partial charge in [-0.2, -0.15) is 0 Å². The number of hydrogen-bond donors (Lipinski definition) is 0. The third-order valence-corrected chi connectivity index (χ3v) is 10.8. The fourth-order valence-corrected chi connectivity index (χ4v) is 8.21. The Kier molecular flexibility index (Phi) is 6.86. The summed E-state index contributed by atoms with van der Waals surface area (Å²) in [7, 11) is 0. The van der Waals surface area contributed by atoms with Gasteiger partial charge < -0.3 is 8.98 Å². The molecule has 0 unspecified atom stereocenters. The van der Waals surface area contributed by atoms with Gasteiger partial charge in [0, 0.05) is 33.0 Å². The summed E-state index contributed by atoms with van der Waals surface area (Å²) in [5.41, 5.74) is 13.5. The average molecular weight is 689 g/mol.